The minimum Gasteiger partial charge on any atom is -0.280 e. The van der Waals surface area contributed by atoms with Crippen LogP contribution in [0.25, 0.3) is 0 Å². The van der Waals surface area contributed by atoms with Crippen LogP contribution in [-0.4, -0.2) is 23.5 Å². The average molecular weight is 240 g/mol. The van der Waals surface area contributed by atoms with E-state index in [1.165, 1.54) is 11.1 Å². The monoisotopic (exact) mass is 240 g/mol. The van der Waals surface area contributed by atoms with Crippen LogP contribution in [0.5, 0.6) is 0 Å². The number of rotatable bonds is 3. The predicted octanol–water partition coefficient (Wildman–Crippen LogP) is 3.33. The maximum absolute atomic E-state index is 9.36. The van der Waals surface area contributed by atoms with E-state index in [1.807, 2.05) is 6.07 Å². The highest BCUT2D eigenvalue weighted by atomic mass is 15.3. The molecule has 94 valence electrons. The number of allylic oxidation sites excluding steroid dienone is 1. The van der Waals surface area contributed by atoms with Crippen LogP contribution in [0, 0.1) is 11.3 Å². The Morgan fingerprint density at radius 2 is 2.00 bits per heavy atom. The number of likely N-dealkylation sites (tertiary alicyclic amines) is 1. The quantitative estimate of drug-likeness (QED) is 0.758. The third kappa shape index (κ3) is 2.32. The molecule has 0 aromatic heterocycles. The van der Waals surface area contributed by atoms with Gasteiger partial charge in [-0.05, 0) is 26.3 Å². The van der Waals surface area contributed by atoms with Crippen LogP contribution in [0.3, 0.4) is 0 Å². The van der Waals surface area contributed by atoms with Crippen LogP contribution in [0.4, 0.5) is 0 Å². The SMILES string of the molecule is CC(C)=CCN1[C@H](C#N)[C@@H](c2ccccc2)[C@@H]1C. The van der Waals surface area contributed by atoms with Gasteiger partial charge in [-0.25, -0.2) is 0 Å². The lowest BCUT2D eigenvalue weighted by Crippen LogP contribution is -2.60. The van der Waals surface area contributed by atoms with Gasteiger partial charge < -0.3 is 0 Å². The van der Waals surface area contributed by atoms with Crippen LogP contribution < -0.4 is 0 Å². The second kappa shape index (κ2) is 5.37. The molecular formula is C16H20N2. The highest BCUT2D eigenvalue weighted by Crippen LogP contribution is 2.39. The summed E-state index contributed by atoms with van der Waals surface area (Å²) in [5.41, 5.74) is 2.59. The van der Waals surface area contributed by atoms with Gasteiger partial charge in [0.25, 0.3) is 0 Å². The van der Waals surface area contributed by atoms with Gasteiger partial charge in [-0.3, -0.25) is 4.90 Å². The van der Waals surface area contributed by atoms with Gasteiger partial charge in [0.15, 0.2) is 0 Å². The lowest BCUT2D eigenvalue weighted by molar-refractivity contribution is 0.0414. The zero-order valence-electron chi connectivity index (χ0n) is 11.3. The third-order valence-electron chi connectivity index (χ3n) is 3.77. The summed E-state index contributed by atoms with van der Waals surface area (Å²) in [6.07, 6.45) is 2.20. The molecule has 18 heavy (non-hydrogen) atoms. The number of nitriles is 1. The van der Waals surface area contributed by atoms with Crippen molar-refractivity contribution in [2.45, 2.75) is 38.8 Å². The molecule has 0 bridgehead atoms. The third-order valence-corrected chi connectivity index (χ3v) is 3.77. The molecule has 0 unspecified atom stereocenters. The first-order valence-electron chi connectivity index (χ1n) is 6.49. The molecule has 0 radical (unpaired) electrons. The maximum Gasteiger partial charge on any atom is 0.107 e. The molecule has 1 aromatic rings. The zero-order chi connectivity index (χ0) is 13.1. The molecule has 1 heterocycles. The predicted molar refractivity (Wildman–Crippen MR) is 74.2 cm³/mol. The van der Waals surface area contributed by atoms with Crippen LogP contribution >= 0.6 is 0 Å². The van der Waals surface area contributed by atoms with Crippen LogP contribution in [0.15, 0.2) is 42.0 Å². The lowest BCUT2D eigenvalue weighted by Gasteiger charge is -2.50. The van der Waals surface area contributed by atoms with Gasteiger partial charge in [-0.1, -0.05) is 42.0 Å². The molecule has 2 nitrogen and oxygen atoms in total. The van der Waals surface area contributed by atoms with Crippen LogP contribution in [0.2, 0.25) is 0 Å². The van der Waals surface area contributed by atoms with Crippen molar-refractivity contribution in [3.63, 3.8) is 0 Å². The van der Waals surface area contributed by atoms with Crippen molar-refractivity contribution in [2.75, 3.05) is 6.54 Å². The molecule has 0 spiro atoms. The van der Waals surface area contributed by atoms with Crippen molar-refractivity contribution in [3.05, 3.63) is 47.5 Å². The summed E-state index contributed by atoms with van der Waals surface area (Å²) in [5.74, 6) is 0.349. The molecule has 3 atom stereocenters. The molecule has 2 rings (SSSR count). The largest absolute Gasteiger partial charge is 0.280 e. The Hall–Kier alpha value is -1.59. The second-order valence-electron chi connectivity index (χ2n) is 5.23. The number of hydrogen-bond donors (Lipinski definition) is 0. The molecule has 0 amide bonds. The van der Waals surface area contributed by atoms with E-state index in [-0.39, 0.29) is 6.04 Å². The first kappa shape index (κ1) is 12.9. The first-order chi connectivity index (χ1) is 8.65. The fraction of sp³-hybridized carbons (Fsp3) is 0.438. The summed E-state index contributed by atoms with van der Waals surface area (Å²) in [5, 5.41) is 9.36. The molecule has 1 aliphatic heterocycles. The molecule has 0 N–H and O–H groups in total. The van der Waals surface area contributed by atoms with E-state index in [4.69, 9.17) is 0 Å². The fourth-order valence-electron chi connectivity index (χ4n) is 2.69. The van der Waals surface area contributed by atoms with Gasteiger partial charge in [0.1, 0.15) is 6.04 Å². The summed E-state index contributed by atoms with van der Waals surface area (Å²) in [6, 6.07) is 13.3. The normalized spacial score (nSPS) is 27.1. The number of nitrogens with zero attached hydrogens (tertiary/aromatic N) is 2. The molecular weight excluding hydrogens is 220 g/mol. The zero-order valence-corrected chi connectivity index (χ0v) is 11.3. The molecule has 0 aliphatic carbocycles. The Morgan fingerprint density at radius 3 is 2.56 bits per heavy atom. The first-order valence-corrected chi connectivity index (χ1v) is 6.49. The van der Waals surface area contributed by atoms with E-state index >= 15 is 0 Å². The van der Waals surface area contributed by atoms with E-state index in [9.17, 15) is 5.26 Å². The van der Waals surface area contributed by atoms with Crippen molar-refractivity contribution in [1.82, 2.24) is 4.90 Å². The Bertz CT molecular complexity index is 466. The number of benzene rings is 1. The lowest BCUT2D eigenvalue weighted by atomic mass is 9.76. The van der Waals surface area contributed by atoms with Gasteiger partial charge in [0.05, 0.1) is 6.07 Å². The summed E-state index contributed by atoms with van der Waals surface area (Å²) < 4.78 is 0. The Balaban J connectivity index is 2.13. The Labute approximate surface area is 110 Å². The summed E-state index contributed by atoms with van der Waals surface area (Å²) in [4.78, 5) is 2.27. The molecule has 2 heteroatoms. The van der Waals surface area contributed by atoms with Crippen molar-refractivity contribution in [1.29, 1.82) is 5.26 Å². The molecule has 1 aliphatic rings. The average Bonchev–Trinajstić information content (AvgIpc) is 2.36. The molecule has 1 fully saturated rings. The van der Waals surface area contributed by atoms with E-state index in [1.54, 1.807) is 0 Å². The molecule has 1 saturated heterocycles. The minimum absolute atomic E-state index is 0.0120. The van der Waals surface area contributed by atoms with E-state index < -0.39 is 0 Å². The van der Waals surface area contributed by atoms with Gasteiger partial charge in [0, 0.05) is 18.5 Å². The number of hydrogen-bond acceptors (Lipinski definition) is 2. The van der Waals surface area contributed by atoms with Crippen molar-refractivity contribution >= 4 is 0 Å². The standard InChI is InChI=1S/C16H20N2/c1-12(2)9-10-18-13(3)16(15(18)11-17)14-7-5-4-6-8-14/h4-9,13,15-16H,10H2,1-3H3/t13-,15+,16+/m0/s1. The van der Waals surface area contributed by atoms with Crippen LogP contribution in [-0.2, 0) is 0 Å². The summed E-state index contributed by atoms with van der Waals surface area (Å²) in [7, 11) is 0. The van der Waals surface area contributed by atoms with E-state index in [0.29, 0.717) is 12.0 Å². The van der Waals surface area contributed by atoms with Crippen LogP contribution in [0.1, 0.15) is 32.3 Å². The van der Waals surface area contributed by atoms with E-state index in [2.05, 4.69) is 62.1 Å². The topological polar surface area (TPSA) is 27.0 Å². The summed E-state index contributed by atoms with van der Waals surface area (Å²) in [6.45, 7) is 7.29. The maximum atomic E-state index is 9.36. The van der Waals surface area contributed by atoms with Gasteiger partial charge in [0.2, 0.25) is 0 Å². The van der Waals surface area contributed by atoms with E-state index in [0.717, 1.165) is 6.54 Å². The van der Waals surface area contributed by atoms with Crippen molar-refractivity contribution in [2.24, 2.45) is 0 Å². The Morgan fingerprint density at radius 1 is 1.33 bits per heavy atom. The van der Waals surface area contributed by atoms with Gasteiger partial charge in [-0.2, -0.15) is 5.26 Å². The fourth-order valence-corrected chi connectivity index (χ4v) is 2.69. The van der Waals surface area contributed by atoms with Crippen molar-refractivity contribution in [3.8, 4) is 6.07 Å². The van der Waals surface area contributed by atoms with Crippen molar-refractivity contribution < 1.29 is 0 Å². The Kier molecular flexibility index (Phi) is 3.84. The smallest absolute Gasteiger partial charge is 0.107 e. The minimum atomic E-state index is 0.0120. The highest BCUT2D eigenvalue weighted by Gasteiger charge is 2.45. The van der Waals surface area contributed by atoms with Gasteiger partial charge >= 0.3 is 0 Å². The molecule has 1 aromatic carbocycles. The van der Waals surface area contributed by atoms with Gasteiger partial charge in [-0.15, -0.1) is 0 Å². The second-order valence-corrected chi connectivity index (χ2v) is 5.23. The molecule has 0 saturated carbocycles. The summed E-state index contributed by atoms with van der Waals surface area (Å²) >= 11 is 0. The highest BCUT2D eigenvalue weighted by molar-refractivity contribution is 5.31.